The molecule has 2 aliphatic carbocycles. The monoisotopic (exact) mass is 394 g/mol. The summed E-state index contributed by atoms with van der Waals surface area (Å²) in [7, 11) is 0. The quantitative estimate of drug-likeness (QED) is 0.534. The van der Waals surface area contributed by atoms with Crippen molar-refractivity contribution in [2.24, 2.45) is 17.8 Å². The van der Waals surface area contributed by atoms with Crippen molar-refractivity contribution in [2.45, 2.75) is 71.1 Å². The van der Waals surface area contributed by atoms with E-state index in [4.69, 9.17) is 11.5 Å². The van der Waals surface area contributed by atoms with E-state index in [-0.39, 0.29) is 5.82 Å². The third-order valence-corrected chi connectivity index (χ3v) is 7.65. The van der Waals surface area contributed by atoms with Crippen LogP contribution in [0.5, 0.6) is 0 Å². The van der Waals surface area contributed by atoms with Crippen molar-refractivity contribution < 1.29 is 4.39 Å². The van der Waals surface area contributed by atoms with Crippen molar-refractivity contribution in [2.75, 3.05) is 11.5 Å². The van der Waals surface area contributed by atoms with Gasteiger partial charge < -0.3 is 11.5 Å². The fraction of sp³-hybridized carbons (Fsp3) is 0.538. The largest absolute Gasteiger partial charge is 0.398 e. The summed E-state index contributed by atoms with van der Waals surface area (Å²) in [6, 6.07) is 9.77. The molecule has 3 heteroatoms. The van der Waals surface area contributed by atoms with Crippen molar-refractivity contribution >= 4 is 11.4 Å². The smallest absolute Gasteiger partial charge is 0.123 e. The second-order valence-corrected chi connectivity index (χ2v) is 9.65. The lowest BCUT2D eigenvalue weighted by molar-refractivity contribution is 0.155. The molecule has 0 aromatic heterocycles. The van der Waals surface area contributed by atoms with E-state index in [0.29, 0.717) is 17.8 Å². The Kier molecular flexibility index (Phi) is 5.85. The van der Waals surface area contributed by atoms with E-state index in [1.54, 1.807) is 6.07 Å². The summed E-state index contributed by atoms with van der Waals surface area (Å²) in [5.41, 5.74) is 19.1. The van der Waals surface area contributed by atoms with Gasteiger partial charge in [0.25, 0.3) is 0 Å². The summed E-state index contributed by atoms with van der Waals surface area (Å²) in [5.74, 6) is 2.38. The second-order valence-electron chi connectivity index (χ2n) is 9.65. The summed E-state index contributed by atoms with van der Waals surface area (Å²) in [6.07, 6.45) is 9.72. The van der Waals surface area contributed by atoms with Gasteiger partial charge in [0.05, 0.1) is 0 Å². The average molecular weight is 395 g/mol. The van der Waals surface area contributed by atoms with Gasteiger partial charge in [0, 0.05) is 11.4 Å². The van der Waals surface area contributed by atoms with E-state index in [2.05, 4.69) is 25.1 Å². The van der Waals surface area contributed by atoms with Gasteiger partial charge in [-0.1, -0.05) is 44.4 Å². The van der Waals surface area contributed by atoms with Gasteiger partial charge in [0.1, 0.15) is 5.82 Å². The van der Waals surface area contributed by atoms with Gasteiger partial charge >= 0.3 is 0 Å². The zero-order valence-corrected chi connectivity index (χ0v) is 17.9. The maximum absolute atomic E-state index is 13.8. The van der Waals surface area contributed by atoms with Crippen LogP contribution in [0.3, 0.4) is 0 Å². The minimum atomic E-state index is -0.174. The molecule has 2 aromatic carbocycles. The summed E-state index contributed by atoms with van der Waals surface area (Å²) in [5, 5.41) is 0. The number of benzene rings is 2. The zero-order chi connectivity index (χ0) is 20.5. The van der Waals surface area contributed by atoms with E-state index >= 15 is 0 Å². The number of hydrogen-bond acceptors (Lipinski definition) is 2. The van der Waals surface area contributed by atoms with E-state index < -0.39 is 0 Å². The lowest BCUT2D eigenvalue weighted by Crippen LogP contribution is -2.29. The van der Waals surface area contributed by atoms with Crippen LogP contribution in [0, 0.1) is 30.5 Å². The first-order valence-corrected chi connectivity index (χ1v) is 11.3. The molecule has 156 valence electrons. The highest BCUT2D eigenvalue weighted by atomic mass is 19.1. The molecule has 0 amide bonds. The molecule has 2 nitrogen and oxygen atoms in total. The third kappa shape index (κ3) is 4.29. The van der Waals surface area contributed by atoms with E-state index in [0.717, 1.165) is 47.7 Å². The number of anilines is 2. The molecular formula is C26H35FN2. The number of para-hydroxylation sites is 1. The molecule has 0 aliphatic heterocycles. The van der Waals surface area contributed by atoms with Crippen LogP contribution in [-0.4, -0.2) is 0 Å². The Balaban J connectivity index is 1.41. The van der Waals surface area contributed by atoms with Gasteiger partial charge in [-0.05, 0) is 97.1 Å². The first-order valence-electron chi connectivity index (χ1n) is 11.3. The SMILES string of the molecule is Cc1cc(F)cc(CC2CCC2CC(C)c2cccc(CC3CCC3)c2N)c1N. The first kappa shape index (κ1) is 20.3. The van der Waals surface area contributed by atoms with Gasteiger partial charge in [-0.3, -0.25) is 0 Å². The number of nitrogen functional groups attached to an aromatic ring is 2. The van der Waals surface area contributed by atoms with Crippen molar-refractivity contribution in [1.29, 1.82) is 0 Å². The average Bonchev–Trinajstić information content (AvgIpc) is 2.64. The maximum Gasteiger partial charge on any atom is 0.123 e. The highest BCUT2D eigenvalue weighted by molar-refractivity contribution is 5.56. The third-order valence-electron chi connectivity index (χ3n) is 7.65. The normalized spacial score (nSPS) is 22.7. The Bertz CT molecular complexity index is 871. The molecule has 2 fully saturated rings. The van der Waals surface area contributed by atoms with E-state index in [1.807, 2.05) is 6.92 Å². The zero-order valence-electron chi connectivity index (χ0n) is 17.9. The van der Waals surface area contributed by atoms with E-state index in [1.165, 1.54) is 49.3 Å². The van der Waals surface area contributed by atoms with Gasteiger partial charge in [0.2, 0.25) is 0 Å². The Labute approximate surface area is 174 Å². The van der Waals surface area contributed by atoms with Crippen LogP contribution in [0.4, 0.5) is 15.8 Å². The highest BCUT2D eigenvalue weighted by Crippen LogP contribution is 2.44. The molecule has 0 radical (unpaired) electrons. The minimum Gasteiger partial charge on any atom is -0.398 e. The van der Waals surface area contributed by atoms with Crippen LogP contribution in [0.1, 0.15) is 73.6 Å². The molecule has 0 heterocycles. The molecule has 0 spiro atoms. The van der Waals surface area contributed by atoms with Crippen LogP contribution >= 0.6 is 0 Å². The number of halogens is 1. The van der Waals surface area contributed by atoms with Crippen LogP contribution in [0.15, 0.2) is 30.3 Å². The fourth-order valence-corrected chi connectivity index (χ4v) is 5.32. The van der Waals surface area contributed by atoms with Gasteiger partial charge in [0.15, 0.2) is 0 Å². The van der Waals surface area contributed by atoms with Crippen LogP contribution in [0.25, 0.3) is 0 Å². The molecule has 3 unspecified atom stereocenters. The standard InChI is InChI=1S/C26H35FN2/c1-16(24-8-4-7-21(26(24)29)13-18-5-3-6-18)11-19-9-10-20(19)14-22-15-23(27)12-17(2)25(22)28/h4,7-8,12,15-16,18-20H,3,5-6,9-11,13-14,28-29H2,1-2H3. The predicted octanol–water partition coefficient (Wildman–Crippen LogP) is 6.40. The molecule has 29 heavy (non-hydrogen) atoms. The summed E-state index contributed by atoms with van der Waals surface area (Å²) < 4.78 is 13.8. The highest BCUT2D eigenvalue weighted by Gasteiger charge is 2.33. The van der Waals surface area contributed by atoms with Crippen molar-refractivity contribution in [3.8, 4) is 0 Å². The lowest BCUT2D eigenvalue weighted by Gasteiger charge is -2.39. The number of rotatable bonds is 7. The van der Waals surface area contributed by atoms with Crippen molar-refractivity contribution in [3.63, 3.8) is 0 Å². The molecule has 2 aliphatic rings. The molecular weight excluding hydrogens is 359 g/mol. The summed E-state index contributed by atoms with van der Waals surface area (Å²) in [4.78, 5) is 0. The molecule has 0 bridgehead atoms. The van der Waals surface area contributed by atoms with Gasteiger partial charge in [-0.25, -0.2) is 4.39 Å². The van der Waals surface area contributed by atoms with Crippen molar-refractivity contribution in [3.05, 3.63) is 58.4 Å². The predicted molar refractivity (Wildman–Crippen MR) is 120 cm³/mol. The van der Waals surface area contributed by atoms with Crippen LogP contribution in [-0.2, 0) is 12.8 Å². The molecule has 0 saturated heterocycles. The minimum absolute atomic E-state index is 0.174. The van der Waals surface area contributed by atoms with E-state index in [9.17, 15) is 4.39 Å². The fourth-order valence-electron chi connectivity index (χ4n) is 5.32. The molecule has 3 atom stereocenters. The number of hydrogen-bond donors (Lipinski definition) is 2. The molecule has 2 aromatic rings. The van der Waals surface area contributed by atoms with Gasteiger partial charge in [-0.15, -0.1) is 0 Å². The summed E-state index contributed by atoms with van der Waals surface area (Å²) in [6.45, 7) is 4.20. The second kappa shape index (κ2) is 8.38. The van der Waals surface area contributed by atoms with Crippen LogP contribution in [0.2, 0.25) is 0 Å². The van der Waals surface area contributed by atoms with Gasteiger partial charge in [-0.2, -0.15) is 0 Å². The van der Waals surface area contributed by atoms with Crippen LogP contribution < -0.4 is 11.5 Å². The Hall–Kier alpha value is -2.03. The number of aryl methyl sites for hydroxylation is 1. The molecule has 4 rings (SSSR count). The topological polar surface area (TPSA) is 52.0 Å². The Morgan fingerprint density at radius 2 is 1.72 bits per heavy atom. The Morgan fingerprint density at radius 1 is 0.966 bits per heavy atom. The first-order chi connectivity index (χ1) is 13.9. The Morgan fingerprint density at radius 3 is 2.38 bits per heavy atom. The summed E-state index contributed by atoms with van der Waals surface area (Å²) >= 11 is 0. The maximum atomic E-state index is 13.8. The molecule has 2 saturated carbocycles. The lowest BCUT2D eigenvalue weighted by atomic mass is 9.66. The molecule has 4 N–H and O–H groups in total. The van der Waals surface area contributed by atoms with Crippen molar-refractivity contribution in [1.82, 2.24) is 0 Å². The number of nitrogens with two attached hydrogens (primary N) is 2.